The first-order valence-corrected chi connectivity index (χ1v) is 6.77. The summed E-state index contributed by atoms with van der Waals surface area (Å²) in [6.45, 7) is 2.69. The number of benzene rings is 1. The van der Waals surface area contributed by atoms with Gasteiger partial charge < -0.3 is 14.6 Å². The average Bonchev–Trinajstić information content (AvgIpc) is 2.79. The zero-order chi connectivity index (χ0) is 13.1. The normalized spacial score (nSPS) is 15.1. The molecular formula is C15H19N3O. The molecule has 1 aliphatic rings. The molecule has 2 aromatic rings. The van der Waals surface area contributed by atoms with E-state index in [1.807, 2.05) is 7.05 Å². The van der Waals surface area contributed by atoms with E-state index in [-0.39, 0.29) is 0 Å². The van der Waals surface area contributed by atoms with Crippen LogP contribution in [0.1, 0.15) is 16.8 Å². The van der Waals surface area contributed by atoms with Crippen LogP contribution in [0.3, 0.4) is 0 Å². The molecule has 1 aromatic carbocycles. The van der Waals surface area contributed by atoms with Crippen LogP contribution in [0.2, 0.25) is 0 Å². The molecule has 1 aromatic heterocycles. The third-order valence-corrected chi connectivity index (χ3v) is 3.59. The number of oxazole rings is 1. The second-order valence-corrected chi connectivity index (χ2v) is 4.91. The number of aromatic nitrogens is 1. The van der Waals surface area contributed by atoms with Crippen LogP contribution < -0.4 is 10.2 Å². The molecule has 4 nitrogen and oxygen atoms in total. The molecule has 0 saturated carbocycles. The predicted molar refractivity (Wildman–Crippen MR) is 75.3 cm³/mol. The fraction of sp³-hybridized carbons (Fsp3) is 0.400. The molecule has 100 valence electrons. The molecule has 1 N–H and O–H groups in total. The van der Waals surface area contributed by atoms with Crippen molar-refractivity contribution in [2.75, 3.05) is 25.0 Å². The summed E-state index contributed by atoms with van der Waals surface area (Å²) in [5.74, 6) is 0. The van der Waals surface area contributed by atoms with E-state index in [0.29, 0.717) is 0 Å². The van der Waals surface area contributed by atoms with Gasteiger partial charge in [0.05, 0.1) is 5.69 Å². The molecule has 0 atom stereocenters. The molecule has 0 unspecified atom stereocenters. The van der Waals surface area contributed by atoms with Crippen molar-refractivity contribution < 1.29 is 4.42 Å². The number of hydrogen-bond acceptors (Lipinski definition) is 4. The van der Waals surface area contributed by atoms with Crippen LogP contribution in [-0.2, 0) is 19.4 Å². The molecular weight excluding hydrogens is 238 g/mol. The average molecular weight is 257 g/mol. The predicted octanol–water partition coefficient (Wildman–Crippen LogP) is 2.00. The van der Waals surface area contributed by atoms with Crippen LogP contribution >= 0.6 is 0 Å². The Morgan fingerprint density at radius 2 is 1.89 bits per heavy atom. The standard InChI is InChI=1S/C15H19N3O/c1-16-10-14-11-19-15(17-14)18-8-6-12-4-2-3-5-13(12)7-9-18/h2-5,11,16H,6-10H2,1H3. The highest BCUT2D eigenvalue weighted by Crippen LogP contribution is 2.20. The van der Waals surface area contributed by atoms with Gasteiger partial charge in [-0.3, -0.25) is 0 Å². The molecule has 1 aliphatic heterocycles. The molecule has 0 spiro atoms. The first kappa shape index (κ1) is 12.2. The minimum Gasteiger partial charge on any atom is -0.432 e. The van der Waals surface area contributed by atoms with Gasteiger partial charge in [0.15, 0.2) is 0 Å². The number of anilines is 1. The first-order valence-electron chi connectivity index (χ1n) is 6.77. The van der Waals surface area contributed by atoms with Crippen LogP contribution in [-0.4, -0.2) is 25.1 Å². The fourth-order valence-electron chi connectivity index (χ4n) is 2.56. The van der Waals surface area contributed by atoms with Crippen LogP contribution in [0.15, 0.2) is 34.9 Å². The SMILES string of the molecule is CNCc1coc(N2CCc3ccccc3CC2)n1. The fourth-order valence-corrected chi connectivity index (χ4v) is 2.56. The molecule has 0 saturated heterocycles. The minimum absolute atomic E-state index is 0.748. The molecule has 0 aliphatic carbocycles. The third-order valence-electron chi connectivity index (χ3n) is 3.59. The summed E-state index contributed by atoms with van der Waals surface area (Å²) in [6, 6.07) is 9.43. The topological polar surface area (TPSA) is 41.3 Å². The molecule has 0 amide bonds. The van der Waals surface area contributed by atoms with Crippen molar-refractivity contribution >= 4 is 6.01 Å². The molecule has 19 heavy (non-hydrogen) atoms. The Morgan fingerprint density at radius 3 is 2.53 bits per heavy atom. The Morgan fingerprint density at radius 1 is 1.21 bits per heavy atom. The zero-order valence-electron chi connectivity index (χ0n) is 11.2. The van der Waals surface area contributed by atoms with Crippen LogP contribution in [0.25, 0.3) is 0 Å². The third kappa shape index (κ3) is 2.63. The van der Waals surface area contributed by atoms with Gasteiger partial charge in [0.25, 0.3) is 6.01 Å². The number of rotatable bonds is 3. The summed E-state index contributed by atoms with van der Waals surface area (Å²) in [7, 11) is 1.91. The monoisotopic (exact) mass is 257 g/mol. The summed E-state index contributed by atoms with van der Waals surface area (Å²) in [4.78, 5) is 6.76. The van der Waals surface area contributed by atoms with E-state index in [0.717, 1.165) is 44.2 Å². The van der Waals surface area contributed by atoms with Gasteiger partial charge in [0.1, 0.15) is 6.26 Å². The van der Waals surface area contributed by atoms with Gasteiger partial charge >= 0.3 is 0 Å². The lowest BCUT2D eigenvalue weighted by molar-refractivity contribution is 0.533. The van der Waals surface area contributed by atoms with Crippen molar-refractivity contribution in [3.05, 3.63) is 47.3 Å². The van der Waals surface area contributed by atoms with E-state index in [4.69, 9.17) is 4.42 Å². The largest absolute Gasteiger partial charge is 0.432 e. The number of nitrogens with one attached hydrogen (secondary N) is 1. The first-order chi connectivity index (χ1) is 9.36. The van der Waals surface area contributed by atoms with Gasteiger partial charge in [-0.15, -0.1) is 0 Å². The molecule has 0 radical (unpaired) electrons. The van der Waals surface area contributed by atoms with Gasteiger partial charge in [0.2, 0.25) is 0 Å². The van der Waals surface area contributed by atoms with Crippen molar-refractivity contribution in [3.63, 3.8) is 0 Å². The van der Waals surface area contributed by atoms with Gasteiger partial charge in [-0.1, -0.05) is 24.3 Å². The second-order valence-electron chi connectivity index (χ2n) is 4.91. The van der Waals surface area contributed by atoms with Crippen LogP contribution in [0.4, 0.5) is 6.01 Å². The molecule has 0 bridgehead atoms. The molecule has 4 heteroatoms. The van der Waals surface area contributed by atoms with E-state index < -0.39 is 0 Å². The second kappa shape index (κ2) is 5.45. The molecule has 2 heterocycles. The summed E-state index contributed by atoms with van der Waals surface area (Å²) in [5.41, 5.74) is 3.86. The van der Waals surface area contributed by atoms with Crippen molar-refractivity contribution in [2.24, 2.45) is 0 Å². The highest BCUT2D eigenvalue weighted by atomic mass is 16.4. The summed E-state index contributed by atoms with van der Waals surface area (Å²) < 4.78 is 5.59. The smallest absolute Gasteiger partial charge is 0.297 e. The van der Waals surface area contributed by atoms with E-state index in [1.54, 1.807) is 6.26 Å². The Bertz CT molecular complexity index is 523. The maximum atomic E-state index is 5.59. The van der Waals surface area contributed by atoms with E-state index in [2.05, 4.69) is 39.5 Å². The van der Waals surface area contributed by atoms with Crippen molar-refractivity contribution in [2.45, 2.75) is 19.4 Å². The number of fused-ring (bicyclic) bond motifs is 1. The number of hydrogen-bond donors (Lipinski definition) is 1. The Labute approximate surface area is 113 Å². The maximum Gasteiger partial charge on any atom is 0.297 e. The van der Waals surface area contributed by atoms with Crippen molar-refractivity contribution in [1.29, 1.82) is 0 Å². The van der Waals surface area contributed by atoms with Crippen molar-refractivity contribution in [3.8, 4) is 0 Å². The Hall–Kier alpha value is -1.81. The minimum atomic E-state index is 0.748. The summed E-state index contributed by atoms with van der Waals surface area (Å²) in [6.07, 6.45) is 3.85. The Balaban J connectivity index is 1.74. The van der Waals surface area contributed by atoms with Gasteiger partial charge in [-0.25, -0.2) is 0 Å². The van der Waals surface area contributed by atoms with Gasteiger partial charge in [-0.05, 0) is 31.0 Å². The molecule has 3 rings (SSSR count). The van der Waals surface area contributed by atoms with Crippen LogP contribution in [0, 0.1) is 0 Å². The van der Waals surface area contributed by atoms with Crippen LogP contribution in [0.5, 0.6) is 0 Å². The van der Waals surface area contributed by atoms with Gasteiger partial charge in [-0.2, -0.15) is 4.98 Å². The number of nitrogens with zero attached hydrogens (tertiary/aromatic N) is 2. The van der Waals surface area contributed by atoms with E-state index in [1.165, 1.54) is 11.1 Å². The van der Waals surface area contributed by atoms with E-state index >= 15 is 0 Å². The summed E-state index contributed by atoms with van der Waals surface area (Å²) in [5, 5.41) is 3.09. The molecule has 0 fully saturated rings. The highest BCUT2D eigenvalue weighted by molar-refractivity contribution is 5.35. The highest BCUT2D eigenvalue weighted by Gasteiger charge is 2.17. The maximum absolute atomic E-state index is 5.59. The quantitative estimate of drug-likeness (QED) is 0.913. The van der Waals surface area contributed by atoms with E-state index in [9.17, 15) is 0 Å². The van der Waals surface area contributed by atoms with Gasteiger partial charge in [0, 0.05) is 19.6 Å². The lowest BCUT2D eigenvalue weighted by Crippen LogP contribution is -2.26. The zero-order valence-corrected chi connectivity index (χ0v) is 11.2. The van der Waals surface area contributed by atoms with Crippen molar-refractivity contribution in [1.82, 2.24) is 10.3 Å². The Kier molecular flexibility index (Phi) is 3.51. The lowest BCUT2D eigenvalue weighted by Gasteiger charge is -2.17. The lowest BCUT2D eigenvalue weighted by atomic mass is 10.0. The summed E-state index contributed by atoms with van der Waals surface area (Å²) >= 11 is 0.